The zero-order valence-electron chi connectivity index (χ0n) is 9.84. The molecule has 0 unspecified atom stereocenters. The summed E-state index contributed by atoms with van der Waals surface area (Å²) in [6.45, 7) is 3.68. The van der Waals surface area contributed by atoms with Crippen molar-refractivity contribution in [2.24, 2.45) is 0 Å². The van der Waals surface area contributed by atoms with E-state index >= 15 is 0 Å². The average molecular weight is 222 g/mol. The lowest BCUT2D eigenvalue weighted by atomic mass is 9.71. The van der Waals surface area contributed by atoms with Crippen molar-refractivity contribution in [3.63, 3.8) is 0 Å². The molecule has 88 valence electrons. The first-order valence-electron chi connectivity index (χ1n) is 6.11. The molecular formula is C14H19FO. The Kier molecular flexibility index (Phi) is 3.59. The highest BCUT2D eigenvalue weighted by molar-refractivity contribution is 5.27. The Balaban J connectivity index is 2.34. The number of benzene rings is 1. The monoisotopic (exact) mass is 222 g/mol. The summed E-state index contributed by atoms with van der Waals surface area (Å²) in [7, 11) is 0. The molecular weight excluding hydrogens is 203 g/mol. The van der Waals surface area contributed by atoms with Gasteiger partial charge in [-0.1, -0.05) is 31.5 Å². The molecule has 0 radical (unpaired) electrons. The van der Waals surface area contributed by atoms with Gasteiger partial charge in [0.15, 0.2) is 0 Å². The fraction of sp³-hybridized carbons (Fsp3) is 0.571. The maximum atomic E-state index is 13.9. The lowest BCUT2D eigenvalue weighted by Crippen LogP contribution is -2.34. The Hall–Kier alpha value is -0.890. The van der Waals surface area contributed by atoms with Crippen LogP contribution in [-0.4, -0.2) is 13.2 Å². The topological polar surface area (TPSA) is 9.23 Å². The third kappa shape index (κ3) is 2.12. The van der Waals surface area contributed by atoms with Crippen LogP contribution in [0.1, 0.15) is 38.2 Å². The predicted molar refractivity (Wildman–Crippen MR) is 63.0 cm³/mol. The smallest absolute Gasteiger partial charge is 0.126 e. The molecule has 0 aromatic heterocycles. The molecule has 0 bridgehead atoms. The number of hydrogen-bond acceptors (Lipinski definition) is 1. The van der Waals surface area contributed by atoms with Gasteiger partial charge in [0.1, 0.15) is 5.82 Å². The van der Waals surface area contributed by atoms with Crippen LogP contribution in [0.4, 0.5) is 4.39 Å². The van der Waals surface area contributed by atoms with Gasteiger partial charge in [-0.3, -0.25) is 0 Å². The molecule has 0 aliphatic carbocycles. The Morgan fingerprint density at radius 1 is 1.25 bits per heavy atom. The zero-order chi connectivity index (χ0) is 11.4. The summed E-state index contributed by atoms with van der Waals surface area (Å²) in [5, 5.41) is 0. The Bertz CT molecular complexity index is 337. The molecule has 2 rings (SSSR count). The molecule has 0 saturated carbocycles. The SMILES string of the molecule is CCCC1(c2ccccc2F)CCOCC1. The first kappa shape index (κ1) is 11.6. The minimum absolute atomic E-state index is 0.0122. The highest BCUT2D eigenvalue weighted by Crippen LogP contribution is 2.39. The third-order valence-corrected chi connectivity index (χ3v) is 3.62. The fourth-order valence-corrected chi connectivity index (χ4v) is 2.79. The van der Waals surface area contributed by atoms with E-state index in [2.05, 4.69) is 6.92 Å². The van der Waals surface area contributed by atoms with Crippen LogP contribution in [0, 0.1) is 5.82 Å². The van der Waals surface area contributed by atoms with E-state index in [1.54, 1.807) is 12.1 Å². The Morgan fingerprint density at radius 2 is 1.94 bits per heavy atom. The highest BCUT2D eigenvalue weighted by Gasteiger charge is 2.35. The number of halogens is 1. The van der Waals surface area contributed by atoms with Crippen LogP contribution in [0.25, 0.3) is 0 Å². The van der Waals surface area contributed by atoms with Gasteiger partial charge in [0, 0.05) is 18.6 Å². The summed E-state index contributed by atoms with van der Waals surface area (Å²) in [6.07, 6.45) is 4.04. The zero-order valence-corrected chi connectivity index (χ0v) is 9.84. The van der Waals surface area contributed by atoms with Gasteiger partial charge < -0.3 is 4.74 Å². The van der Waals surface area contributed by atoms with E-state index in [1.165, 1.54) is 0 Å². The lowest BCUT2D eigenvalue weighted by Gasteiger charge is -2.37. The fourth-order valence-electron chi connectivity index (χ4n) is 2.79. The molecule has 1 aliphatic heterocycles. The second kappa shape index (κ2) is 4.96. The van der Waals surface area contributed by atoms with Crippen LogP contribution in [-0.2, 0) is 10.2 Å². The van der Waals surface area contributed by atoms with Crippen LogP contribution in [0.5, 0.6) is 0 Å². The van der Waals surface area contributed by atoms with E-state index < -0.39 is 0 Å². The molecule has 1 nitrogen and oxygen atoms in total. The largest absolute Gasteiger partial charge is 0.381 e. The lowest BCUT2D eigenvalue weighted by molar-refractivity contribution is 0.0452. The molecule has 0 N–H and O–H groups in total. The third-order valence-electron chi connectivity index (χ3n) is 3.62. The van der Waals surface area contributed by atoms with E-state index in [-0.39, 0.29) is 11.2 Å². The molecule has 0 amide bonds. The van der Waals surface area contributed by atoms with Crippen molar-refractivity contribution in [1.29, 1.82) is 0 Å². The predicted octanol–water partition coefficient (Wildman–Crippen LogP) is 3.67. The maximum absolute atomic E-state index is 13.9. The first-order valence-corrected chi connectivity index (χ1v) is 6.11. The molecule has 16 heavy (non-hydrogen) atoms. The van der Waals surface area contributed by atoms with Gasteiger partial charge in [0.2, 0.25) is 0 Å². The standard InChI is InChI=1S/C14H19FO/c1-2-7-14(8-10-16-11-9-14)12-5-3-4-6-13(12)15/h3-6H,2,7-11H2,1H3. The minimum atomic E-state index is -0.0575. The van der Waals surface area contributed by atoms with E-state index in [4.69, 9.17) is 4.74 Å². The average Bonchev–Trinajstić information content (AvgIpc) is 2.31. The first-order chi connectivity index (χ1) is 7.78. The van der Waals surface area contributed by atoms with Crippen molar-refractivity contribution < 1.29 is 9.13 Å². The van der Waals surface area contributed by atoms with Crippen molar-refractivity contribution in [3.05, 3.63) is 35.6 Å². The molecule has 1 fully saturated rings. The summed E-state index contributed by atoms with van der Waals surface area (Å²) in [6, 6.07) is 7.21. The van der Waals surface area contributed by atoms with Crippen molar-refractivity contribution >= 4 is 0 Å². The number of ether oxygens (including phenoxy) is 1. The summed E-state index contributed by atoms with van der Waals surface area (Å²) in [4.78, 5) is 0. The molecule has 1 heterocycles. The van der Waals surface area contributed by atoms with Crippen molar-refractivity contribution in [2.45, 2.75) is 38.0 Å². The van der Waals surface area contributed by atoms with Crippen molar-refractivity contribution in [3.8, 4) is 0 Å². The molecule has 1 aliphatic rings. The molecule has 1 aromatic rings. The van der Waals surface area contributed by atoms with E-state index in [0.717, 1.165) is 44.5 Å². The summed E-state index contributed by atoms with van der Waals surface area (Å²) < 4.78 is 19.3. The van der Waals surface area contributed by atoms with E-state index in [1.807, 2.05) is 12.1 Å². The van der Waals surface area contributed by atoms with Crippen molar-refractivity contribution in [1.82, 2.24) is 0 Å². The van der Waals surface area contributed by atoms with Crippen LogP contribution < -0.4 is 0 Å². The second-order valence-corrected chi connectivity index (χ2v) is 4.62. The van der Waals surface area contributed by atoms with Gasteiger partial charge >= 0.3 is 0 Å². The quantitative estimate of drug-likeness (QED) is 0.758. The summed E-state index contributed by atoms with van der Waals surface area (Å²) >= 11 is 0. The second-order valence-electron chi connectivity index (χ2n) is 4.62. The Labute approximate surface area is 96.6 Å². The van der Waals surface area contributed by atoms with E-state index in [0.29, 0.717) is 0 Å². The van der Waals surface area contributed by atoms with E-state index in [9.17, 15) is 4.39 Å². The van der Waals surface area contributed by atoms with Gasteiger partial charge in [-0.25, -0.2) is 4.39 Å². The molecule has 0 spiro atoms. The number of rotatable bonds is 3. The number of hydrogen-bond donors (Lipinski definition) is 0. The van der Waals surface area contributed by atoms with Crippen LogP contribution in [0.2, 0.25) is 0 Å². The molecule has 0 atom stereocenters. The van der Waals surface area contributed by atoms with Crippen LogP contribution in [0.15, 0.2) is 24.3 Å². The summed E-state index contributed by atoms with van der Waals surface area (Å²) in [5.41, 5.74) is 0.901. The molecule has 1 saturated heterocycles. The van der Waals surface area contributed by atoms with Crippen LogP contribution >= 0.6 is 0 Å². The van der Waals surface area contributed by atoms with Gasteiger partial charge in [-0.2, -0.15) is 0 Å². The molecule has 1 aromatic carbocycles. The normalized spacial score (nSPS) is 19.6. The maximum Gasteiger partial charge on any atom is 0.126 e. The van der Waals surface area contributed by atoms with Gasteiger partial charge in [0.05, 0.1) is 0 Å². The minimum Gasteiger partial charge on any atom is -0.381 e. The summed E-state index contributed by atoms with van der Waals surface area (Å²) in [5.74, 6) is -0.0575. The van der Waals surface area contributed by atoms with Gasteiger partial charge in [-0.05, 0) is 30.9 Å². The van der Waals surface area contributed by atoms with Gasteiger partial charge in [-0.15, -0.1) is 0 Å². The Morgan fingerprint density at radius 3 is 2.56 bits per heavy atom. The molecule has 2 heteroatoms. The van der Waals surface area contributed by atoms with Gasteiger partial charge in [0.25, 0.3) is 0 Å². The van der Waals surface area contributed by atoms with Crippen molar-refractivity contribution in [2.75, 3.05) is 13.2 Å². The van der Waals surface area contributed by atoms with Crippen LogP contribution in [0.3, 0.4) is 0 Å². The highest BCUT2D eigenvalue weighted by atomic mass is 19.1.